The van der Waals surface area contributed by atoms with Gasteiger partial charge in [0.1, 0.15) is 11.5 Å². The van der Waals surface area contributed by atoms with Crippen LogP contribution < -0.4 is 0 Å². The molecular formula is C26H30N2O4. The molecule has 6 nitrogen and oxygen atoms in total. The van der Waals surface area contributed by atoms with E-state index in [0.29, 0.717) is 23.2 Å². The molecule has 0 radical (unpaired) electrons. The van der Waals surface area contributed by atoms with E-state index in [-0.39, 0.29) is 5.97 Å². The minimum atomic E-state index is -0.357. The molecule has 1 N–H and O–H groups in total. The number of piperidine rings is 1. The van der Waals surface area contributed by atoms with Gasteiger partial charge in [-0.2, -0.15) is 0 Å². The number of aromatic nitrogens is 1. The minimum Gasteiger partial charge on any atom is -0.508 e. The zero-order valence-electron chi connectivity index (χ0n) is 18.7. The smallest absolute Gasteiger partial charge is 0.337 e. The molecule has 1 unspecified atom stereocenters. The quantitative estimate of drug-likeness (QED) is 0.520. The van der Waals surface area contributed by atoms with Crippen LogP contribution in [-0.4, -0.2) is 40.7 Å². The van der Waals surface area contributed by atoms with Crippen LogP contribution in [0.3, 0.4) is 0 Å². The third-order valence-corrected chi connectivity index (χ3v) is 6.25. The Kier molecular flexibility index (Phi) is 6.90. The van der Waals surface area contributed by atoms with Gasteiger partial charge < -0.3 is 14.3 Å². The second kappa shape index (κ2) is 10.0. The molecule has 1 aliphatic rings. The number of nitrogens with zero attached hydrogens (tertiary/aromatic N) is 2. The number of aryl methyl sites for hydroxylation is 2. The molecule has 1 aromatic heterocycles. The summed E-state index contributed by atoms with van der Waals surface area (Å²) >= 11 is 0. The Labute approximate surface area is 188 Å². The van der Waals surface area contributed by atoms with E-state index in [1.54, 1.807) is 24.3 Å². The Morgan fingerprint density at radius 2 is 1.91 bits per heavy atom. The largest absolute Gasteiger partial charge is 0.508 e. The third kappa shape index (κ3) is 5.19. The van der Waals surface area contributed by atoms with Gasteiger partial charge in [0.05, 0.1) is 18.4 Å². The molecule has 32 heavy (non-hydrogen) atoms. The molecule has 0 amide bonds. The fourth-order valence-electron chi connectivity index (χ4n) is 4.35. The first kappa shape index (κ1) is 22.1. The molecule has 168 valence electrons. The van der Waals surface area contributed by atoms with Crippen molar-refractivity contribution in [2.75, 3.05) is 13.7 Å². The van der Waals surface area contributed by atoms with Crippen LogP contribution in [0.4, 0.5) is 0 Å². The van der Waals surface area contributed by atoms with Gasteiger partial charge in [-0.3, -0.25) is 4.90 Å². The maximum absolute atomic E-state index is 11.7. The molecule has 3 aromatic rings. The van der Waals surface area contributed by atoms with Crippen molar-refractivity contribution < 1.29 is 19.1 Å². The lowest BCUT2D eigenvalue weighted by atomic mass is 9.95. The highest BCUT2D eigenvalue weighted by molar-refractivity contribution is 5.89. The molecule has 1 aliphatic heterocycles. The molecule has 1 atom stereocenters. The van der Waals surface area contributed by atoms with E-state index >= 15 is 0 Å². The molecule has 0 spiro atoms. The molecular weight excluding hydrogens is 404 g/mol. The number of aromatic hydroxyl groups is 1. The maximum Gasteiger partial charge on any atom is 0.337 e. The van der Waals surface area contributed by atoms with Crippen molar-refractivity contribution in [1.29, 1.82) is 0 Å². The fourth-order valence-corrected chi connectivity index (χ4v) is 4.35. The number of hydrogen-bond acceptors (Lipinski definition) is 6. The van der Waals surface area contributed by atoms with E-state index in [4.69, 9.17) is 14.1 Å². The number of methoxy groups -OCH3 is 1. The standard InChI is InChI=1S/C26H30N2O4/c1-18-24(27-25(32-18)20-9-11-21(12-10-20)26(30)31-2)17-28-16-4-3-5-22(28)13-6-19-7-14-23(29)15-8-19/h7-12,14-15,22,29H,3-6,13,16-17H2,1-2H3. The average Bonchev–Trinajstić information content (AvgIpc) is 3.19. The van der Waals surface area contributed by atoms with Gasteiger partial charge in [0.25, 0.3) is 0 Å². The third-order valence-electron chi connectivity index (χ3n) is 6.25. The molecule has 0 aliphatic carbocycles. The Hall–Kier alpha value is -3.12. The Morgan fingerprint density at radius 1 is 1.16 bits per heavy atom. The van der Waals surface area contributed by atoms with Crippen molar-refractivity contribution in [3.05, 3.63) is 71.1 Å². The number of benzene rings is 2. The summed E-state index contributed by atoms with van der Waals surface area (Å²) in [4.78, 5) is 19.0. The number of rotatable bonds is 7. The highest BCUT2D eigenvalue weighted by atomic mass is 16.5. The van der Waals surface area contributed by atoms with E-state index in [9.17, 15) is 9.90 Å². The Morgan fingerprint density at radius 3 is 2.62 bits per heavy atom. The van der Waals surface area contributed by atoms with Crippen LogP contribution in [0, 0.1) is 6.92 Å². The maximum atomic E-state index is 11.7. The molecule has 2 heterocycles. The average molecular weight is 435 g/mol. The lowest BCUT2D eigenvalue weighted by Crippen LogP contribution is -2.39. The van der Waals surface area contributed by atoms with E-state index in [0.717, 1.165) is 42.9 Å². The van der Waals surface area contributed by atoms with Crippen molar-refractivity contribution in [2.24, 2.45) is 0 Å². The molecule has 0 bridgehead atoms. The van der Waals surface area contributed by atoms with Gasteiger partial charge in [0.2, 0.25) is 5.89 Å². The van der Waals surface area contributed by atoms with Gasteiger partial charge in [0.15, 0.2) is 0 Å². The highest BCUT2D eigenvalue weighted by Gasteiger charge is 2.24. The Bertz CT molecular complexity index is 1040. The second-order valence-electron chi connectivity index (χ2n) is 8.42. The minimum absolute atomic E-state index is 0.310. The summed E-state index contributed by atoms with van der Waals surface area (Å²) in [5.74, 6) is 1.36. The number of phenols is 1. The van der Waals surface area contributed by atoms with Gasteiger partial charge in [-0.25, -0.2) is 9.78 Å². The van der Waals surface area contributed by atoms with Crippen molar-refractivity contribution in [3.63, 3.8) is 0 Å². The van der Waals surface area contributed by atoms with Crippen LogP contribution in [0.25, 0.3) is 11.5 Å². The summed E-state index contributed by atoms with van der Waals surface area (Å²) in [5.41, 5.74) is 3.57. The number of carbonyl (C=O) groups is 1. The molecule has 1 fully saturated rings. The van der Waals surface area contributed by atoms with Crippen LogP contribution in [0.15, 0.2) is 52.9 Å². The number of carbonyl (C=O) groups excluding carboxylic acids is 1. The lowest BCUT2D eigenvalue weighted by molar-refractivity contribution is 0.0600. The van der Waals surface area contributed by atoms with Gasteiger partial charge >= 0.3 is 5.97 Å². The zero-order chi connectivity index (χ0) is 22.5. The summed E-state index contributed by atoms with van der Waals surface area (Å²) in [5, 5.41) is 9.49. The normalized spacial score (nSPS) is 16.8. The van der Waals surface area contributed by atoms with Crippen LogP contribution in [0.1, 0.15) is 53.1 Å². The van der Waals surface area contributed by atoms with Gasteiger partial charge in [-0.1, -0.05) is 18.6 Å². The summed E-state index contributed by atoms with van der Waals surface area (Å²) in [6.45, 7) is 3.80. The molecule has 2 aromatic carbocycles. The Balaban J connectivity index is 1.43. The molecule has 4 rings (SSSR count). The number of oxazole rings is 1. The van der Waals surface area contributed by atoms with Crippen LogP contribution >= 0.6 is 0 Å². The lowest BCUT2D eigenvalue weighted by Gasteiger charge is -2.35. The van der Waals surface area contributed by atoms with Crippen LogP contribution in [0.2, 0.25) is 0 Å². The van der Waals surface area contributed by atoms with Crippen molar-refractivity contribution >= 4 is 5.97 Å². The van der Waals surface area contributed by atoms with Crippen LogP contribution in [0.5, 0.6) is 5.75 Å². The molecule has 1 saturated heterocycles. The SMILES string of the molecule is COC(=O)c1ccc(-c2nc(CN3CCCCC3CCc3ccc(O)cc3)c(C)o2)cc1. The van der Waals surface area contributed by atoms with E-state index in [2.05, 4.69) is 4.90 Å². The molecule has 0 saturated carbocycles. The number of hydrogen-bond donors (Lipinski definition) is 1. The summed E-state index contributed by atoms with van der Waals surface area (Å²) < 4.78 is 10.7. The van der Waals surface area contributed by atoms with Crippen molar-refractivity contribution in [1.82, 2.24) is 9.88 Å². The first-order chi connectivity index (χ1) is 15.5. The van der Waals surface area contributed by atoms with E-state index < -0.39 is 0 Å². The van der Waals surface area contributed by atoms with Crippen molar-refractivity contribution in [2.45, 2.75) is 51.6 Å². The number of ether oxygens (including phenoxy) is 1. The monoisotopic (exact) mass is 434 g/mol. The number of likely N-dealkylation sites (tertiary alicyclic amines) is 1. The first-order valence-electron chi connectivity index (χ1n) is 11.2. The highest BCUT2D eigenvalue weighted by Crippen LogP contribution is 2.27. The zero-order valence-corrected chi connectivity index (χ0v) is 18.7. The summed E-state index contributed by atoms with van der Waals surface area (Å²) in [6.07, 6.45) is 5.73. The topological polar surface area (TPSA) is 75.8 Å². The van der Waals surface area contributed by atoms with Gasteiger partial charge in [-0.15, -0.1) is 0 Å². The fraction of sp³-hybridized carbons (Fsp3) is 0.385. The second-order valence-corrected chi connectivity index (χ2v) is 8.42. The van der Waals surface area contributed by atoms with Crippen molar-refractivity contribution in [3.8, 4) is 17.2 Å². The van der Waals surface area contributed by atoms with E-state index in [1.807, 2.05) is 31.2 Å². The predicted molar refractivity (Wildman–Crippen MR) is 122 cm³/mol. The van der Waals surface area contributed by atoms with Gasteiger partial charge in [-0.05, 0) is 81.1 Å². The summed E-state index contributed by atoms with van der Waals surface area (Å²) in [6, 6.07) is 15.2. The van der Waals surface area contributed by atoms with Gasteiger partial charge in [0, 0.05) is 18.2 Å². The number of phenolic OH excluding ortho intramolecular Hbond substituents is 1. The summed E-state index contributed by atoms with van der Waals surface area (Å²) in [7, 11) is 1.37. The predicted octanol–water partition coefficient (Wildman–Crippen LogP) is 5.13. The van der Waals surface area contributed by atoms with E-state index in [1.165, 1.54) is 31.9 Å². The van der Waals surface area contributed by atoms with Crippen LogP contribution in [-0.2, 0) is 17.7 Å². The molecule has 6 heteroatoms. The first-order valence-corrected chi connectivity index (χ1v) is 11.2. The number of esters is 1.